The topological polar surface area (TPSA) is 98.8 Å². The number of allylic oxidation sites excluding steroid dienone is 1. The highest BCUT2D eigenvalue weighted by Gasteiger charge is 2.40. The molecule has 2 heterocycles. The highest BCUT2D eigenvalue weighted by molar-refractivity contribution is 6.15. The lowest BCUT2D eigenvalue weighted by atomic mass is 9.84. The summed E-state index contributed by atoms with van der Waals surface area (Å²) < 4.78 is 39.1. The summed E-state index contributed by atoms with van der Waals surface area (Å²) in [6, 6.07) is 12.0. The van der Waals surface area contributed by atoms with Crippen LogP contribution in [0.3, 0.4) is 0 Å². The van der Waals surface area contributed by atoms with E-state index in [4.69, 9.17) is 33.2 Å². The first kappa shape index (κ1) is 25.0. The molecule has 0 aromatic heterocycles. The fraction of sp³-hybridized carbons (Fsp3) is 0.241. The number of ether oxygens (including phenoxy) is 7. The maximum atomic E-state index is 13.4. The van der Waals surface area contributed by atoms with Crippen LogP contribution in [0.4, 0.5) is 0 Å². The summed E-state index contributed by atoms with van der Waals surface area (Å²) in [5.74, 6) is 1.96. The fourth-order valence-electron chi connectivity index (χ4n) is 4.85. The van der Waals surface area contributed by atoms with Crippen LogP contribution in [0, 0.1) is 0 Å². The number of methoxy groups -OCH3 is 5. The molecule has 0 amide bonds. The molecule has 2 aliphatic rings. The molecule has 0 radical (unpaired) electrons. The molecule has 9 nitrogen and oxygen atoms in total. The Bertz CT molecular complexity index is 1470. The maximum absolute atomic E-state index is 13.4. The molecule has 0 saturated carbocycles. The molecule has 38 heavy (non-hydrogen) atoms. The minimum Gasteiger partial charge on any atom is -0.497 e. The fourth-order valence-corrected chi connectivity index (χ4v) is 4.85. The van der Waals surface area contributed by atoms with Crippen molar-refractivity contribution in [2.45, 2.75) is 12.3 Å². The number of ketones is 1. The molecule has 3 aromatic rings. The first-order chi connectivity index (χ1) is 18.4. The third kappa shape index (κ3) is 4.06. The summed E-state index contributed by atoms with van der Waals surface area (Å²) in [4.78, 5) is 26.0. The second kappa shape index (κ2) is 10.0. The van der Waals surface area contributed by atoms with Crippen molar-refractivity contribution in [3.05, 3.63) is 70.5 Å². The molecule has 1 atom stereocenters. The summed E-state index contributed by atoms with van der Waals surface area (Å²) in [5, 5.41) is 0. The number of fused-ring (bicyclic) bond motifs is 3. The Morgan fingerprint density at radius 3 is 2.24 bits per heavy atom. The van der Waals surface area contributed by atoms with Gasteiger partial charge < -0.3 is 33.2 Å². The Kier molecular flexibility index (Phi) is 6.59. The number of hydrogen-bond donors (Lipinski definition) is 0. The standard InChI is InChI=1S/C29H26O9/c1-32-16-7-6-15(22(13-16)34-3)12-23-26(31)18-9-10-20-25(27(18)38-23)19(14-24(30)37-20)17-8-11-21(33-2)29(36-5)28(17)35-4/h6-13,19H,14H2,1-5H3/b23-12-. The van der Waals surface area contributed by atoms with Crippen molar-refractivity contribution in [1.29, 1.82) is 0 Å². The van der Waals surface area contributed by atoms with E-state index in [0.717, 1.165) is 0 Å². The highest BCUT2D eigenvalue weighted by Crippen LogP contribution is 2.53. The van der Waals surface area contributed by atoms with Crippen LogP contribution in [0.5, 0.6) is 40.2 Å². The molecule has 5 rings (SSSR count). The lowest BCUT2D eigenvalue weighted by Crippen LogP contribution is -2.22. The zero-order valence-electron chi connectivity index (χ0n) is 21.6. The van der Waals surface area contributed by atoms with Crippen LogP contribution in [0.15, 0.2) is 48.2 Å². The molecular weight excluding hydrogens is 492 g/mol. The minimum atomic E-state index is -0.529. The first-order valence-corrected chi connectivity index (χ1v) is 11.8. The van der Waals surface area contributed by atoms with E-state index in [2.05, 4.69) is 0 Å². The monoisotopic (exact) mass is 518 g/mol. The van der Waals surface area contributed by atoms with Gasteiger partial charge in [0.25, 0.3) is 0 Å². The second-order valence-electron chi connectivity index (χ2n) is 8.56. The quantitative estimate of drug-likeness (QED) is 0.248. The lowest BCUT2D eigenvalue weighted by molar-refractivity contribution is -0.135. The number of hydrogen-bond acceptors (Lipinski definition) is 9. The van der Waals surface area contributed by atoms with Gasteiger partial charge in [0.05, 0.1) is 47.5 Å². The van der Waals surface area contributed by atoms with Crippen molar-refractivity contribution in [3.8, 4) is 40.2 Å². The van der Waals surface area contributed by atoms with E-state index in [0.29, 0.717) is 62.5 Å². The summed E-state index contributed by atoms with van der Waals surface area (Å²) in [6.07, 6.45) is 1.63. The number of Topliss-reactive ketones (excluding diaryl/α,β-unsaturated/α-hetero) is 1. The van der Waals surface area contributed by atoms with Gasteiger partial charge in [0, 0.05) is 28.7 Å². The zero-order valence-corrected chi connectivity index (χ0v) is 21.6. The van der Waals surface area contributed by atoms with Crippen LogP contribution in [0.25, 0.3) is 6.08 Å². The Labute approximate surface area is 219 Å². The average molecular weight is 519 g/mol. The molecule has 0 aliphatic carbocycles. The van der Waals surface area contributed by atoms with Crippen LogP contribution >= 0.6 is 0 Å². The van der Waals surface area contributed by atoms with Crippen molar-refractivity contribution < 1.29 is 42.7 Å². The molecule has 0 saturated heterocycles. The summed E-state index contributed by atoms with van der Waals surface area (Å²) in [7, 11) is 7.66. The van der Waals surface area contributed by atoms with E-state index >= 15 is 0 Å². The van der Waals surface area contributed by atoms with E-state index in [1.165, 1.54) is 28.4 Å². The maximum Gasteiger partial charge on any atom is 0.312 e. The minimum absolute atomic E-state index is 0.0121. The predicted octanol–water partition coefficient (Wildman–Crippen LogP) is 4.79. The Morgan fingerprint density at radius 2 is 1.55 bits per heavy atom. The van der Waals surface area contributed by atoms with Gasteiger partial charge in [-0.2, -0.15) is 0 Å². The third-order valence-corrected chi connectivity index (χ3v) is 6.62. The number of rotatable bonds is 7. The van der Waals surface area contributed by atoms with Crippen molar-refractivity contribution in [2.75, 3.05) is 35.5 Å². The smallest absolute Gasteiger partial charge is 0.312 e. The van der Waals surface area contributed by atoms with Crippen LogP contribution in [0.1, 0.15) is 39.4 Å². The van der Waals surface area contributed by atoms with E-state index in [1.807, 2.05) is 6.07 Å². The molecule has 196 valence electrons. The first-order valence-electron chi connectivity index (χ1n) is 11.8. The van der Waals surface area contributed by atoms with Crippen LogP contribution in [0.2, 0.25) is 0 Å². The Hall–Kier alpha value is -4.66. The van der Waals surface area contributed by atoms with Gasteiger partial charge in [-0.3, -0.25) is 9.59 Å². The molecular formula is C29H26O9. The number of benzene rings is 3. The van der Waals surface area contributed by atoms with Gasteiger partial charge in [-0.15, -0.1) is 0 Å². The number of esters is 1. The summed E-state index contributed by atoms with van der Waals surface area (Å²) in [6.45, 7) is 0. The number of carbonyl (C=O) groups excluding carboxylic acids is 2. The van der Waals surface area contributed by atoms with Crippen molar-refractivity contribution in [3.63, 3.8) is 0 Å². The molecule has 0 N–H and O–H groups in total. The normalized spacial score (nSPS) is 16.8. The molecule has 9 heteroatoms. The van der Waals surface area contributed by atoms with Gasteiger partial charge in [0.15, 0.2) is 17.3 Å². The Morgan fingerprint density at radius 1 is 0.789 bits per heavy atom. The molecule has 0 fully saturated rings. The van der Waals surface area contributed by atoms with Crippen LogP contribution in [-0.2, 0) is 4.79 Å². The van der Waals surface area contributed by atoms with Crippen molar-refractivity contribution in [2.24, 2.45) is 0 Å². The van der Waals surface area contributed by atoms with E-state index in [1.54, 1.807) is 49.6 Å². The van der Waals surface area contributed by atoms with Crippen LogP contribution in [-0.4, -0.2) is 47.3 Å². The van der Waals surface area contributed by atoms with Crippen molar-refractivity contribution >= 4 is 17.8 Å². The highest BCUT2D eigenvalue weighted by atomic mass is 16.5. The molecule has 0 spiro atoms. The van der Waals surface area contributed by atoms with E-state index in [9.17, 15) is 9.59 Å². The largest absolute Gasteiger partial charge is 0.497 e. The summed E-state index contributed by atoms with van der Waals surface area (Å²) >= 11 is 0. The van der Waals surface area contributed by atoms with Crippen LogP contribution < -0.4 is 33.2 Å². The van der Waals surface area contributed by atoms with Gasteiger partial charge in [-0.25, -0.2) is 0 Å². The van der Waals surface area contributed by atoms with Crippen molar-refractivity contribution in [1.82, 2.24) is 0 Å². The lowest BCUT2D eigenvalue weighted by Gasteiger charge is -2.28. The third-order valence-electron chi connectivity index (χ3n) is 6.62. The number of carbonyl (C=O) groups is 2. The second-order valence-corrected chi connectivity index (χ2v) is 8.56. The van der Waals surface area contributed by atoms with Gasteiger partial charge in [0.2, 0.25) is 11.5 Å². The molecule has 1 unspecified atom stereocenters. The van der Waals surface area contributed by atoms with Gasteiger partial charge in [-0.1, -0.05) is 6.07 Å². The van der Waals surface area contributed by atoms with E-state index in [-0.39, 0.29) is 18.0 Å². The molecule has 0 bridgehead atoms. The van der Waals surface area contributed by atoms with Gasteiger partial charge in [-0.05, 0) is 36.4 Å². The van der Waals surface area contributed by atoms with Gasteiger partial charge >= 0.3 is 5.97 Å². The van der Waals surface area contributed by atoms with Gasteiger partial charge in [0.1, 0.15) is 23.0 Å². The average Bonchev–Trinajstić information content (AvgIpc) is 3.26. The predicted molar refractivity (Wildman–Crippen MR) is 137 cm³/mol. The molecule has 3 aromatic carbocycles. The molecule has 2 aliphatic heterocycles. The summed E-state index contributed by atoms with van der Waals surface area (Å²) in [5.41, 5.74) is 2.25. The SMILES string of the molecule is COc1ccc(/C=C2\Oc3c(ccc4c3C(c3ccc(OC)c(OC)c3OC)CC(=O)O4)C2=O)c(OC)c1. The zero-order chi connectivity index (χ0) is 27.0. The Balaban J connectivity index is 1.64. The van der Waals surface area contributed by atoms with E-state index < -0.39 is 11.9 Å².